The van der Waals surface area contributed by atoms with Crippen LogP contribution in [0.3, 0.4) is 0 Å². The molecular weight excluding hydrogens is 286 g/mol. The van der Waals surface area contributed by atoms with E-state index in [-0.39, 0.29) is 5.91 Å². The minimum absolute atomic E-state index is 0.0342. The number of hydrogen-bond acceptors (Lipinski definition) is 2. The highest BCUT2D eigenvalue weighted by Gasteiger charge is 2.07. The van der Waals surface area contributed by atoms with Gasteiger partial charge >= 0.3 is 0 Å². The van der Waals surface area contributed by atoms with E-state index in [4.69, 9.17) is 4.74 Å². The molecule has 3 heteroatoms. The lowest BCUT2D eigenvalue weighted by Gasteiger charge is -2.12. The first kappa shape index (κ1) is 17.1. The second-order valence-corrected chi connectivity index (χ2v) is 5.97. The molecule has 23 heavy (non-hydrogen) atoms. The van der Waals surface area contributed by atoms with Gasteiger partial charge < -0.3 is 10.1 Å². The Bertz CT molecular complexity index is 672. The summed E-state index contributed by atoms with van der Waals surface area (Å²) >= 11 is 0. The molecule has 0 fully saturated rings. The Morgan fingerprint density at radius 3 is 2.26 bits per heavy atom. The van der Waals surface area contributed by atoms with Crippen molar-refractivity contribution in [3.63, 3.8) is 0 Å². The van der Waals surface area contributed by atoms with Crippen LogP contribution in [0.2, 0.25) is 0 Å². The number of para-hydroxylation sites is 1. The molecule has 0 saturated heterocycles. The Kier molecular flexibility index (Phi) is 5.80. The average Bonchev–Trinajstić information content (AvgIpc) is 2.51. The number of rotatable bonds is 6. The SMILES string of the molecule is Cc1cccc(OCCCC(=O)Nc2c(C)cccc2C)c1C. The zero-order valence-corrected chi connectivity index (χ0v) is 14.4. The van der Waals surface area contributed by atoms with Crippen molar-refractivity contribution in [1.29, 1.82) is 0 Å². The van der Waals surface area contributed by atoms with E-state index in [1.165, 1.54) is 5.56 Å². The van der Waals surface area contributed by atoms with Gasteiger partial charge in [0.15, 0.2) is 0 Å². The number of benzene rings is 2. The predicted molar refractivity (Wildman–Crippen MR) is 95.2 cm³/mol. The average molecular weight is 311 g/mol. The van der Waals surface area contributed by atoms with E-state index >= 15 is 0 Å². The van der Waals surface area contributed by atoms with Gasteiger partial charge in [-0.1, -0.05) is 30.3 Å². The minimum Gasteiger partial charge on any atom is -0.493 e. The van der Waals surface area contributed by atoms with Crippen molar-refractivity contribution in [3.8, 4) is 5.75 Å². The molecule has 0 aromatic heterocycles. The van der Waals surface area contributed by atoms with E-state index in [2.05, 4.69) is 25.2 Å². The molecule has 0 radical (unpaired) electrons. The van der Waals surface area contributed by atoms with Gasteiger partial charge in [0.2, 0.25) is 5.91 Å². The molecule has 0 bridgehead atoms. The molecule has 2 aromatic rings. The monoisotopic (exact) mass is 311 g/mol. The summed E-state index contributed by atoms with van der Waals surface area (Å²) in [6.45, 7) is 8.68. The molecule has 2 rings (SSSR count). The summed E-state index contributed by atoms with van der Waals surface area (Å²) in [5.41, 5.74) is 5.48. The normalized spacial score (nSPS) is 10.4. The molecular formula is C20H25NO2. The number of ether oxygens (including phenoxy) is 1. The summed E-state index contributed by atoms with van der Waals surface area (Å²) in [6.07, 6.45) is 1.16. The van der Waals surface area contributed by atoms with E-state index in [0.717, 1.165) is 28.1 Å². The second kappa shape index (κ2) is 7.82. The lowest BCUT2D eigenvalue weighted by molar-refractivity contribution is -0.116. The zero-order valence-electron chi connectivity index (χ0n) is 14.4. The number of carbonyl (C=O) groups excluding carboxylic acids is 1. The number of anilines is 1. The largest absolute Gasteiger partial charge is 0.493 e. The first-order chi connectivity index (χ1) is 11.0. The molecule has 0 aliphatic rings. The van der Waals surface area contributed by atoms with Gasteiger partial charge in [-0.15, -0.1) is 0 Å². The molecule has 122 valence electrons. The third kappa shape index (κ3) is 4.59. The molecule has 0 saturated carbocycles. The highest BCUT2D eigenvalue weighted by Crippen LogP contribution is 2.21. The van der Waals surface area contributed by atoms with Crippen molar-refractivity contribution < 1.29 is 9.53 Å². The zero-order chi connectivity index (χ0) is 16.8. The van der Waals surface area contributed by atoms with Crippen LogP contribution in [0.1, 0.15) is 35.1 Å². The third-order valence-corrected chi connectivity index (χ3v) is 4.11. The van der Waals surface area contributed by atoms with Crippen molar-refractivity contribution >= 4 is 11.6 Å². The highest BCUT2D eigenvalue weighted by atomic mass is 16.5. The quantitative estimate of drug-likeness (QED) is 0.784. The fraction of sp³-hybridized carbons (Fsp3) is 0.350. The molecule has 0 atom stereocenters. The van der Waals surface area contributed by atoms with E-state index in [1.54, 1.807) is 0 Å². The van der Waals surface area contributed by atoms with Crippen LogP contribution in [-0.2, 0) is 4.79 Å². The first-order valence-corrected chi connectivity index (χ1v) is 8.04. The van der Waals surface area contributed by atoms with Crippen molar-refractivity contribution in [3.05, 3.63) is 58.7 Å². The predicted octanol–water partition coefficient (Wildman–Crippen LogP) is 4.72. The van der Waals surface area contributed by atoms with Crippen LogP contribution in [0, 0.1) is 27.7 Å². The molecule has 0 spiro atoms. The van der Waals surface area contributed by atoms with Crippen LogP contribution in [0.15, 0.2) is 36.4 Å². The second-order valence-electron chi connectivity index (χ2n) is 5.97. The van der Waals surface area contributed by atoms with Crippen LogP contribution in [0.25, 0.3) is 0 Å². The minimum atomic E-state index is 0.0342. The Hall–Kier alpha value is -2.29. The lowest BCUT2D eigenvalue weighted by atomic mass is 10.1. The molecule has 1 amide bonds. The van der Waals surface area contributed by atoms with Crippen LogP contribution in [0.5, 0.6) is 5.75 Å². The van der Waals surface area contributed by atoms with Crippen molar-refractivity contribution in [2.75, 3.05) is 11.9 Å². The van der Waals surface area contributed by atoms with E-state index in [1.807, 2.05) is 44.2 Å². The Morgan fingerprint density at radius 2 is 1.57 bits per heavy atom. The summed E-state index contributed by atoms with van der Waals surface area (Å²) in [7, 11) is 0. The summed E-state index contributed by atoms with van der Waals surface area (Å²) < 4.78 is 5.79. The van der Waals surface area contributed by atoms with Gasteiger partial charge in [-0.2, -0.15) is 0 Å². The maximum Gasteiger partial charge on any atom is 0.224 e. The fourth-order valence-corrected chi connectivity index (χ4v) is 2.51. The summed E-state index contributed by atoms with van der Waals surface area (Å²) in [6, 6.07) is 12.0. The van der Waals surface area contributed by atoms with Crippen LogP contribution >= 0.6 is 0 Å². The van der Waals surface area contributed by atoms with Gasteiger partial charge in [0.25, 0.3) is 0 Å². The smallest absolute Gasteiger partial charge is 0.224 e. The van der Waals surface area contributed by atoms with E-state index in [9.17, 15) is 4.79 Å². The van der Waals surface area contributed by atoms with Crippen molar-refractivity contribution in [1.82, 2.24) is 0 Å². The maximum atomic E-state index is 12.1. The van der Waals surface area contributed by atoms with Gasteiger partial charge in [-0.25, -0.2) is 0 Å². The fourth-order valence-electron chi connectivity index (χ4n) is 2.51. The number of aryl methyl sites for hydroxylation is 3. The molecule has 2 aromatic carbocycles. The van der Waals surface area contributed by atoms with Gasteiger partial charge in [-0.3, -0.25) is 4.79 Å². The third-order valence-electron chi connectivity index (χ3n) is 4.11. The highest BCUT2D eigenvalue weighted by molar-refractivity contribution is 5.92. The molecule has 0 unspecified atom stereocenters. The molecule has 0 aliphatic heterocycles. The molecule has 3 nitrogen and oxygen atoms in total. The summed E-state index contributed by atoms with van der Waals surface area (Å²) in [4.78, 5) is 12.1. The standard InChI is InChI=1S/C20H25NO2/c1-14-8-6-11-18(17(14)4)23-13-7-12-19(22)21-20-15(2)9-5-10-16(20)3/h5-6,8-11H,7,12-13H2,1-4H3,(H,21,22). The van der Waals surface area contributed by atoms with Crippen LogP contribution in [0.4, 0.5) is 5.69 Å². The van der Waals surface area contributed by atoms with Gasteiger partial charge in [0.05, 0.1) is 6.61 Å². The maximum absolute atomic E-state index is 12.1. The number of hydrogen-bond donors (Lipinski definition) is 1. The van der Waals surface area contributed by atoms with E-state index in [0.29, 0.717) is 19.4 Å². The number of carbonyl (C=O) groups is 1. The topological polar surface area (TPSA) is 38.3 Å². The molecule has 1 N–H and O–H groups in total. The van der Waals surface area contributed by atoms with Gasteiger partial charge in [0.1, 0.15) is 5.75 Å². The van der Waals surface area contributed by atoms with Gasteiger partial charge in [0, 0.05) is 12.1 Å². The van der Waals surface area contributed by atoms with Crippen LogP contribution in [-0.4, -0.2) is 12.5 Å². The van der Waals surface area contributed by atoms with Crippen LogP contribution < -0.4 is 10.1 Å². The van der Waals surface area contributed by atoms with Crippen molar-refractivity contribution in [2.24, 2.45) is 0 Å². The van der Waals surface area contributed by atoms with E-state index < -0.39 is 0 Å². The lowest BCUT2D eigenvalue weighted by Crippen LogP contribution is -2.14. The Balaban J connectivity index is 1.80. The molecule has 0 heterocycles. The van der Waals surface area contributed by atoms with Gasteiger partial charge in [-0.05, 0) is 62.4 Å². The Labute approximate surface area is 138 Å². The summed E-state index contributed by atoms with van der Waals surface area (Å²) in [5.74, 6) is 0.937. The Morgan fingerprint density at radius 1 is 0.957 bits per heavy atom. The molecule has 0 aliphatic carbocycles. The first-order valence-electron chi connectivity index (χ1n) is 8.04. The number of nitrogens with one attached hydrogen (secondary N) is 1. The number of amides is 1. The summed E-state index contributed by atoms with van der Waals surface area (Å²) in [5, 5.41) is 3.00. The van der Waals surface area contributed by atoms with Crippen molar-refractivity contribution in [2.45, 2.75) is 40.5 Å².